The van der Waals surface area contributed by atoms with Crippen LogP contribution in [0.3, 0.4) is 0 Å². The third-order valence-corrected chi connectivity index (χ3v) is 4.54. The lowest BCUT2D eigenvalue weighted by Gasteiger charge is -2.31. The van der Waals surface area contributed by atoms with Crippen LogP contribution in [0.1, 0.15) is 51.9 Å². The number of carbonyl (C=O) groups is 1. The van der Waals surface area contributed by atoms with Gasteiger partial charge in [-0.15, -0.1) is 0 Å². The molecule has 98 valence electrons. The Balaban J connectivity index is 1.95. The van der Waals surface area contributed by atoms with E-state index in [4.69, 9.17) is 0 Å². The maximum absolute atomic E-state index is 11.3. The Morgan fingerprint density at radius 3 is 2.53 bits per heavy atom. The van der Waals surface area contributed by atoms with Gasteiger partial charge in [-0.25, -0.2) is 0 Å². The average Bonchev–Trinajstić information content (AvgIpc) is 2.75. The number of aliphatic carboxylic acids is 1. The van der Waals surface area contributed by atoms with Crippen LogP contribution in [0.25, 0.3) is 0 Å². The van der Waals surface area contributed by atoms with Crippen molar-refractivity contribution >= 4 is 5.97 Å². The summed E-state index contributed by atoms with van der Waals surface area (Å²) in [7, 11) is 0. The van der Waals surface area contributed by atoms with Crippen LogP contribution in [0.15, 0.2) is 0 Å². The molecule has 0 bridgehead atoms. The van der Waals surface area contributed by atoms with Crippen molar-refractivity contribution in [3.8, 4) is 0 Å². The van der Waals surface area contributed by atoms with Crippen molar-refractivity contribution in [1.29, 1.82) is 0 Å². The third kappa shape index (κ3) is 3.01. The number of carboxylic acids is 1. The zero-order valence-electron chi connectivity index (χ0n) is 10.9. The van der Waals surface area contributed by atoms with Crippen LogP contribution in [-0.2, 0) is 4.79 Å². The molecule has 0 unspecified atom stereocenters. The molecule has 1 aliphatic carbocycles. The molecule has 0 aromatic heterocycles. The van der Waals surface area contributed by atoms with Gasteiger partial charge in [-0.05, 0) is 25.2 Å². The summed E-state index contributed by atoms with van der Waals surface area (Å²) >= 11 is 0. The summed E-state index contributed by atoms with van der Waals surface area (Å²) in [5, 5.41) is 9.30. The van der Waals surface area contributed by atoms with E-state index in [0.29, 0.717) is 12.0 Å². The van der Waals surface area contributed by atoms with E-state index in [1.165, 1.54) is 32.1 Å². The maximum atomic E-state index is 11.3. The van der Waals surface area contributed by atoms with Gasteiger partial charge in [0.15, 0.2) is 0 Å². The number of carboxylic acid groups (broad SMARTS) is 1. The maximum Gasteiger partial charge on any atom is 0.308 e. The third-order valence-electron chi connectivity index (χ3n) is 4.54. The number of likely N-dealkylation sites (tertiary alicyclic amines) is 1. The molecule has 2 rings (SSSR count). The largest absolute Gasteiger partial charge is 0.481 e. The Bertz CT molecular complexity index is 261. The van der Waals surface area contributed by atoms with E-state index in [2.05, 4.69) is 11.8 Å². The first-order valence-corrected chi connectivity index (χ1v) is 7.19. The monoisotopic (exact) mass is 239 g/mol. The topological polar surface area (TPSA) is 40.5 Å². The molecule has 0 aromatic carbocycles. The molecule has 1 heterocycles. The summed E-state index contributed by atoms with van der Waals surface area (Å²) in [4.78, 5) is 13.8. The van der Waals surface area contributed by atoms with Gasteiger partial charge in [-0.1, -0.05) is 32.6 Å². The summed E-state index contributed by atoms with van der Waals surface area (Å²) in [5.41, 5.74) is 0. The van der Waals surface area contributed by atoms with Gasteiger partial charge in [0.2, 0.25) is 0 Å². The molecule has 17 heavy (non-hydrogen) atoms. The summed E-state index contributed by atoms with van der Waals surface area (Å²) in [6, 6.07) is 0.674. The molecule has 1 saturated carbocycles. The highest BCUT2D eigenvalue weighted by Crippen LogP contribution is 2.33. The molecule has 3 heteroatoms. The fourth-order valence-electron chi connectivity index (χ4n) is 3.59. The van der Waals surface area contributed by atoms with Gasteiger partial charge in [0, 0.05) is 19.1 Å². The van der Waals surface area contributed by atoms with Crippen LogP contribution < -0.4 is 0 Å². The second-order valence-electron chi connectivity index (χ2n) is 5.74. The van der Waals surface area contributed by atoms with Gasteiger partial charge in [-0.2, -0.15) is 0 Å². The Morgan fingerprint density at radius 1 is 1.24 bits per heavy atom. The molecule has 0 aromatic rings. The van der Waals surface area contributed by atoms with Gasteiger partial charge in [-0.3, -0.25) is 9.69 Å². The lowest BCUT2D eigenvalue weighted by molar-refractivity contribution is -0.142. The van der Waals surface area contributed by atoms with Crippen molar-refractivity contribution < 1.29 is 9.90 Å². The highest BCUT2D eigenvalue weighted by Gasteiger charge is 2.39. The first-order chi connectivity index (χ1) is 8.22. The summed E-state index contributed by atoms with van der Waals surface area (Å²) < 4.78 is 0. The minimum Gasteiger partial charge on any atom is -0.481 e. The van der Waals surface area contributed by atoms with Crippen molar-refractivity contribution in [2.75, 3.05) is 13.1 Å². The van der Waals surface area contributed by atoms with Gasteiger partial charge in [0.05, 0.1) is 5.92 Å². The molecule has 2 fully saturated rings. The second kappa shape index (κ2) is 5.85. The zero-order chi connectivity index (χ0) is 12.3. The van der Waals surface area contributed by atoms with E-state index in [0.717, 1.165) is 25.9 Å². The molecule has 0 amide bonds. The molecular formula is C14H25NO2. The first-order valence-electron chi connectivity index (χ1n) is 7.19. The number of nitrogens with zero attached hydrogens (tertiary/aromatic N) is 1. The van der Waals surface area contributed by atoms with Gasteiger partial charge in [0.25, 0.3) is 0 Å². The summed E-state index contributed by atoms with van der Waals surface area (Å²) in [5.74, 6) is -0.307. The summed E-state index contributed by atoms with van der Waals surface area (Å²) in [6.07, 6.45) is 8.77. The molecule has 0 radical (unpaired) electrons. The van der Waals surface area contributed by atoms with Crippen LogP contribution in [0, 0.1) is 11.8 Å². The SMILES string of the molecule is CCC[C@@H]1CN(C2CCCCC2)C[C@H]1C(=O)O. The molecule has 1 saturated heterocycles. The fourth-order valence-corrected chi connectivity index (χ4v) is 3.59. The predicted molar refractivity (Wildman–Crippen MR) is 68.0 cm³/mol. The number of hydrogen-bond donors (Lipinski definition) is 1. The molecule has 2 atom stereocenters. The van der Waals surface area contributed by atoms with Gasteiger partial charge in [0.1, 0.15) is 0 Å². The van der Waals surface area contributed by atoms with Gasteiger partial charge < -0.3 is 5.11 Å². The van der Waals surface area contributed by atoms with Crippen LogP contribution in [-0.4, -0.2) is 35.1 Å². The molecule has 2 aliphatic rings. The Labute approximate surface area is 104 Å². The predicted octanol–water partition coefficient (Wildman–Crippen LogP) is 2.75. The van der Waals surface area contributed by atoms with Crippen LogP contribution in [0.4, 0.5) is 0 Å². The normalized spacial score (nSPS) is 31.8. The smallest absolute Gasteiger partial charge is 0.308 e. The quantitative estimate of drug-likeness (QED) is 0.820. The van der Waals surface area contributed by atoms with E-state index < -0.39 is 5.97 Å². The van der Waals surface area contributed by atoms with E-state index in [1.807, 2.05) is 0 Å². The van der Waals surface area contributed by atoms with Crippen LogP contribution in [0.2, 0.25) is 0 Å². The van der Waals surface area contributed by atoms with Gasteiger partial charge >= 0.3 is 5.97 Å². The molecule has 1 N–H and O–H groups in total. The standard InChI is InChI=1S/C14H25NO2/c1-2-6-11-9-15(10-13(11)14(16)17)12-7-4-3-5-8-12/h11-13H,2-10H2,1H3,(H,16,17)/t11-,13-/m1/s1. The Hall–Kier alpha value is -0.570. The van der Waals surface area contributed by atoms with Crippen LogP contribution >= 0.6 is 0 Å². The van der Waals surface area contributed by atoms with Crippen molar-refractivity contribution in [3.05, 3.63) is 0 Å². The number of hydrogen-bond acceptors (Lipinski definition) is 2. The highest BCUT2D eigenvalue weighted by molar-refractivity contribution is 5.71. The molecule has 1 aliphatic heterocycles. The Morgan fingerprint density at radius 2 is 1.94 bits per heavy atom. The number of rotatable bonds is 4. The minimum atomic E-state index is -0.582. The first kappa shape index (κ1) is 12.9. The highest BCUT2D eigenvalue weighted by atomic mass is 16.4. The molecular weight excluding hydrogens is 214 g/mol. The zero-order valence-corrected chi connectivity index (χ0v) is 10.9. The van der Waals surface area contributed by atoms with E-state index >= 15 is 0 Å². The minimum absolute atomic E-state index is 0.114. The molecule has 0 spiro atoms. The second-order valence-corrected chi connectivity index (χ2v) is 5.74. The average molecular weight is 239 g/mol. The van der Waals surface area contributed by atoms with E-state index in [-0.39, 0.29) is 5.92 Å². The molecule has 3 nitrogen and oxygen atoms in total. The summed E-state index contributed by atoms with van der Waals surface area (Å²) in [6.45, 7) is 3.97. The van der Waals surface area contributed by atoms with E-state index in [1.54, 1.807) is 0 Å². The van der Waals surface area contributed by atoms with Crippen molar-refractivity contribution in [1.82, 2.24) is 4.90 Å². The van der Waals surface area contributed by atoms with Crippen molar-refractivity contribution in [2.45, 2.75) is 57.9 Å². The van der Waals surface area contributed by atoms with E-state index in [9.17, 15) is 9.90 Å². The van der Waals surface area contributed by atoms with Crippen LogP contribution in [0.5, 0.6) is 0 Å². The van der Waals surface area contributed by atoms with Crippen molar-refractivity contribution in [3.63, 3.8) is 0 Å². The fraction of sp³-hybridized carbons (Fsp3) is 0.929. The lowest BCUT2D eigenvalue weighted by Crippen LogP contribution is -2.35. The Kier molecular flexibility index (Phi) is 4.43. The lowest BCUT2D eigenvalue weighted by atomic mass is 9.92. The van der Waals surface area contributed by atoms with Crippen molar-refractivity contribution in [2.24, 2.45) is 11.8 Å².